The van der Waals surface area contributed by atoms with Crippen LogP contribution in [0.2, 0.25) is 0 Å². The van der Waals surface area contributed by atoms with Gasteiger partial charge in [0, 0.05) is 27.2 Å². The van der Waals surface area contributed by atoms with Crippen LogP contribution in [0, 0.1) is 0 Å². The molecule has 3 saturated heterocycles. The monoisotopic (exact) mass is 680 g/mol. The Kier molecular flexibility index (Phi) is 14.3. The van der Waals surface area contributed by atoms with Gasteiger partial charge in [-0.05, 0) is 27.2 Å². The second-order valence-corrected chi connectivity index (χ2v) is 12.0. The lowest BCUT2D eigenvalue weighted by Crippen LogP contribution is -2.67. The van der Waals surface area contributed by atoms with E-state index in [0.29, 0.717) is 6.42 Å². The first-order chi connectivity index (χ1) is 22.0. The first-order valence-corrected chi connectivity index (χ1v) is 15.8. The number of ether oxygens (including phenoxy) is 9. The van der Waals surface area contributed by atoms with Gasteiger partial charge in [-0.3, -0.25) is 19.2 Å². The fraction of sp³-hybridized carbons (Fsp3) is 0.867. The standard InChI is InChI=1S/C30H48O17/c1-8-9-10-11-18(34)45-23-13(3)39-28(38)21(37)25(23)46-30-27(44-17(7)33)26(24(14(4)41-30)43-16(6)32)47-29-20(36)19(35)22(12(2)40-29)42-15(5)31/h12-14,19-30,35-38H,8-11H2,1-7H3/t12-,13-,14-,19-,20+,21+,22-,23-,24-,25-,26+,27+,28+,29-,30-/m0/s1. The largest absolute Gasteiger partial charge is 0.457 e. The van der Waals surface area contributed by atoms with E-state index in [1.807, 2.05) is 6.92 Å². The van der Waals surface area contributed by atoms with Gasteiger partial charge in [-0.15, -0.1) is 0 Å². The fourth-order valence-electron chi connectivity index (χ4n) is 5.74. The summed E-state index contributed by atoms with van der Waals surface area (Å²) in [7, 11) is 0. The molecule has 0 amide bonds. The zero-order chi connectivity index (χ0) is 35.2. The SMILES string of the molecule is CCCCCC(=O)O[C@@H]1[C@@H](O[C@@H]2O[C@@H](C)[C@H](OC(C)=O)[C@@H](O[C@@H]3O[C@@H](C)[C@H](OC(C)=O)[C@@H](O)[C@H]3O)[C@H]2OC(C)=O)[C@@H](O)[C@H](O)O[C@H]1C. The molecule has 3 heterocycles. The molecule has 270 valence electrons. The van der Waals surface area contributed by atoms with Crippen molar-refractivity contribution in [2.75, 3.05) is 0 Å². The van der Waals surface area contributed by atoms with Crippen LogP contribution in [0.1, 0.15) is 74.1 Å². The van der Waals surface area contributed by atoms with Crippen LogP contribution in [0.4, 0.5) is 0 Å². The summed E-state index contributed by atoms with van der Waals surface area (Å²) in [5, 5.41) is 43.0. The zero-order valence-electron chi connectivity index (χ0n) is 27.6. The van der Waals surface area contributed by atoms with Crippen molar-refractivity contribution in [2.45, 2.75) is 166 Å². The average molecular weight is 681 g/mol. The number of aliphatic hydroxyl groups excluding tert-OH is 4. The van der Waals surface area contributed by atoms with E-state index in [1.165, 1.54) is 20.8 Å². The first kappa shape index (κ1) is 39.0. The predicted molar refractivity (Wildman–Crippen MR) is 154 cm³/mol. The molecule has 0 aromatic heterocycles. The Hall–Kier alpha value is -2.48. The lowest BCUT2D eigenvalue weighted by Gasteiger charge is -2.49. The van der Waals surface area contributed by atoms with Crippen LogP contribution in [0.25, 0.3) is 0 Å². The van der Waals surface area contributed by atoms with E-state index < -0.39 is 116 Å². The molecular weight excluding hydrogens is 632 g/mol. The van der Waals surface area contributed by atoms with Crippen molar-refractivity contribution >= 4 is 23.9 Å². The van der Waals surface area contributed by atoms with Crippen molar-refractivity contribution < 1.29 is 82.2 Å². The molecule has 0 unspecified atom stereocenters. The summed E-state index contributed by atoms with van der Waals surface area (Å²) in [4.78, 5) is 48.7. The third kappa shape index (κ3) is 10.0. The minimum absolute atomic E-state index is 0.0851. The van der Waals surface area contributed by atoms with Crippen LogP contribution in [0.5, 0.6) is 0 Å². The summed E-state index contributed by atoms with van der Waals surface area (Å²) < 4.78 is 51.0. The molecule has 17 heteroatoms. The summed E-state index contributed by atoms with van der Waals surface area (Å²) in [6.07, 6.45) is -19.3. The molecule has 0 aliphatic carbocycles. The number of carbonyl (C=O) groups is 4. The van der Waals surface area contributed by atoms with Gasteiger partial charge in [0.05, 0.1) is 18.3 Å². The van der Waals surface area contributed by atoms with Gasteiger partial charge in [0.15, 0.2) is 43.3 Å². The third-order valence-electron chi connectivity index (χ3n) is 8.01. The molecule has 3 aliphatic heterocycles. The zero-order valence-corrected chi connectivity index (χ0v) is 27.6. The van der Waals surface area contributed by atoms with E-state index in [-0.39, 0.29) is 6.42 Å². The first-order valence-electron chi connectivity index (χ1n) is 15.8. The summed E-state index contributed by atoms with van der Waals surface area (Å²) in [5.74, 6) is -2.94. The molecule has 15 atom stereocenters. The normalized spacial score (nSPS) is 40.6. The quantitative estimate of drug-likeness (QED) is 0.114. The Balaban J connectivity index is 1.95. The van der Waals surface area contributed by atoms with Gasteiger partial charge in [-0.1, -0.05) is 19.8 Å². The lowest BCUT2D eigenvalue weighted by molar-refractivity contribution is -0.374. The minimum Gasteiger partial charge on any atom is -0.457 e. The maximum absolute atomic E-state index is 12.7. The van der Waals surface area contributed by atoms with Crippen molar-refractivity contribution in [1.82, 2.24) is 0 Å². The summed E-state index contributed by atoms with van der Waals surface area (Å²) in [6, 6.07) is 0. The highest BCUT2D eigenvalue weighted by molar-refractivity contribution is 5.69. The van der Waals surface area contributed by atoms with E-state index in [4.69, 9.17) is 42.6 Å². The molecule has 47 heavy (non-hydrogen) atoms. The van der Waals surface area contributed by atoms with Crippen LogP contribution >= 0.6 is 0 Å². The Morgan fingerprint density at radius 2 is 1.04 bits per heavy atom. The molecule has 0 bridgehead atoms. The summed E-state index contributed by atoms with van der Waals surface area (Å²) >= 11 is 0. The minimum atomic E-state index is -1.80. The van der Waals surface area contributed by atoms with Gasteiger partial charge in [0.25, 0.3) is 0 Å². The number of unbranched alkanes of at least 4 members (excludes halogenated alkanes) is 2. The van der Waals surface area contributed by atoms with Gasteiger partial charge >= 0.3 is 23.9 Å². The Bertz CT molecular complexity index is 1070. The molecule has 3 rings (SSSR count). The van der Waals surface area contributed by atoms with E-state index in [9.17, 15) is 39.6 Å². The van der Waals surface area contributed by atoms with Gasteiger partial charge in [-0.2, -0.15) is 0 Å². The molecule has 0 saturated carbocycles. The topological polar surface area (TPSA) is 232 Å². The van der Waals surface area contributed by atoms with Crippen molar-refractivity contribution in [1.29, 1.82) is 0 Å². The van der Waals surface area contributed by atoms with Crippen LogP contribution in [0.15, 0.2) is 0 Å². The highest BCUT2D eigenvalue weighted by Crippen LogP contribution is 2.35. The third-order valence-corrected chi connectivity index (χ3v) is 8.01. The second-order valence-electron chi connectivity index (χ2n) is 12.0. The molecule has 0 aromatic carbocycles. The highest BCUT2D eigenvalue weighted by atomic mass is 16.8. The maximum atomic E-state index is 12.7. The van der Waals surface area contributed by atoms with Crippen molar-refractivity contribution in [2.24, 2.45) is 0 Å². The number of hydrogen-bond donors (Lipinski definition) is 4. The van der Waals surface area contributed by atoms with Gasteiger partial charge in [-0.25, -0.2) is 0 Å². The van der Waals surface area contributed by atoms with Gasteiger partial charge < -0.3 is 63.1 Å². The van der Waals surface area contributed by atoms with E-state index in [2.05, 4.69) is 0 Å². The molecule has 3 fully saturated rings. The van der Waals surface area contributed by atoms with Crippen molar-refractivity contribution in [3.05, 3.63) is 0 Å². The predicted octanol–water partition coefficient (Wildman–Crippen LogP) is -0.647. The van der Waals surface area contributed by atoms with Gasteiger partial charge in [0.1, 0.15) is 30.5 Å². The van der Waals surface area contributed by atoms with Crippen LogP contribution in [-0.4, -0.2) is 136 Å². The smallest absolute Gasteiger partial charge is 0.306 e. The van der Waals surface area contributed by atoms with Crippen LogP contribution in [-0.2, 0) is 61.8 Å². The average Bonchev–Trinajstić information content (AvgIpc) is 2.97. The molecule has 0 radical (unpaired) electrons. The van der Waals surface area contributed by atoms with Crippen molar-refractivity contribution in [3.8, 4) is 0 Å². The van der Waals surface area contributed by atoms with E-state index in [1.54, 1.807) is 0 Å². The molecule has 3 aliphatic rings. The number of aliphatic hydroxyl groups is 4. The fourth-order valence-corrected chi connectivity index (χ4v) is 5.74. The lowest BCUT2D eigenvalue weighted by atomic mass is 9.96. The molecule has 4 N–H and O–H groups in total. The second kappa shape index (κ2) is 17.3. The summed E-state index contributed by atoms with van der Waals surface area (Å²) in [6.45, 7) is 9.75. The molecule has 0 spiro atoms. The van der Waals surface area contributed by atoms with Crippen LogP contribution < -0.4 is 0 Å². The molecular formula is C30H48O17. The van der Waals surface area contributed by atoms with Gasteiger partial charge in [0.2, 0.25) is 0 Å². The Labute approximate surface area is 272 Å². The maximum Gasteiger partial charge on any atom is 0.306 e. The molecule has 17 nitrogen and oxygen atoms in total. The number of rotatable bonds is 12. The number of carbonyl (C=O) groups excluding carboxylic acids is 4. The van der Waals surface area contributed by atoms with Crippen molar-refractivity contribution in [3.63, 3.8) is 0 Å². The highest BCUT2D eigenvalue weighted by Gasteiger charge is 2.56. The van der Waals surface area contributed by atoms with E-state index >= 15 is 0 Å². The number of esters is 4. The molecule has 0 aromatic rings. The summed E-state index contributed by atoms with van der Waals surface area (Å²) in [5.41, 5.74) is 0. The van der Waals surface area contributed by atoms with Crippen LogP contribution in [0.3, 0.4) is 0 Å². The number of hydrogen-bond acceptors (Lipinski definition) is 17. The van der Waals surface area contributed by atoms with E-state index in [0.717, 1.165) is 33.6 Å². The Morgan fingerprint density at radius 1 is 0.553 bits per heavy atom. The Morgan fingerprint density at radius 3 is 1.64 bits per heavy atom.